The van der Waals surface area contributed by atoms with Crippen LogP contribution in [0.25, 0.3) is 0 Å². The first kappa shape index (κ1) is 12.0. The van der Waals surface area contributed by atoms with E-state index in [0.717, 1.165) is 12.8 Å². The number of para-hydroxylation sites is 1. The van der Waals surface area contributed by atoms with Gasteiger partial charge in [-0.15, -0.1) is 0 Å². The largest absolute Gasteiger partial charge is 0.382 e. The van der Waals surface area contributed by atoms with Crippen LogP contribution < -0.4 is 8.91 Å². The van der Waals surface area contributed by atoms with Crippen LogP contribution in [0.15, 0.2) is 30.3 Å². The van der Waals surface area contributed by atoms with Gasteiger partial charge in [-0.1, -0.05) is 31.5 Å². The zero-order chi connectivity index (χ0) is 11.1. The second-order valence-electron chi connectivity index (χ2n) is 3.10. The monoisotopic (exact) mass is 229 g/mol. The molecule has 0 saturated heterocycles. The highest BCUT2D eigenvalue weighted by atomic mass is 32.2. The van der Waals surface area contributed by atoms with E-state index in [1.165, 1.54) is 0 Å². The van der Waals surface area contributed by atoms with Gasteiger partial charge in [-0.25, -0.2) is 0 Å². The number of benzene rings is 1. The highest BCUT2D eigenvalue weighted by molar-refractivity contribution is 7.85. The van der Waals surface area contributed by atoms with Crippen molar-refractivity contribution in [1.82, 2.24) is 4.72 Å². The Morgan fingerprint density at radius 2 is 1.93 bits per heavy atom. The molecule has 0 heterocycles. The molecule has 0 aliphatic rings. The Bertz CT molecular complexity index is 375. The van der Waals surface area contributed by atoms with Crippen LogP contribution in [0, 0.1) is 0 Å². The highest BCUT2D eigenvalue weighted by Gasteiger charge is 2.10. The van der Waals surface area contributed by atoms with Gasteiger partial charge in [-0.05, 0) is 18.6 Å². The van der Waals surface area contributed by atoms with Crippen molar-refractivity contribution in [2.45, 2.75) is 19.8 Å². The van der Waals surface area contributed by atoms with Crippen LogP contribution in [0.5, 0.6) is 5.75 Å². The number of nitrogens with one attached hydrogen (secondary N) is 1. The SMILES string of the molecule is CCCCNS(=O)(=O)Oc1ccccc1. The first-order valence-corrected chi connectivity index (χ1v) is 6.29. The standard InChI is InChI=1S/C10H15NO3S/c1-2-3-9-11-15(12,13)14-10-7-5-4-6-8-10/h4-8,11H,2-3,9H2,1H3. The van der Waals surface area contributed by atoms with E-state index in [2.05, 4.69) is 4.72 Å². The summed E-state index contributed by atoms with van der Waals surface area (Å²) < 4.78 is 29.9. The molecule has 0 spiro atoms. The van der Waals surface area contributed by atoms with E-state index < -0.39 is 10.3 Å². The summed E-state index contributed by atoms with van der Waals surface area (Å²) in [6.07, 6.45) is 1.74. The van der Waals surface area contributed by atoms with E-state index in [1.54, 1.807) is 30.3 Å². The predicted octanol–water partition coefficient (Wildman–Crippen LogP) is 1.70. The lowest BCUT2D eigenvalue weighted by atomic mass is 10.3. The minimum atomic E-state index is -3.66. The Labute approximate surface area is 90.5 Å². The Hall–Kier alpha value is -1.07. The van der Waals surface area contributed by atoms with E-state index in [9.17, 15) is 8.42 Å². The highest BCUT2D eigenvalue weighted by Crippen LogP contribution is 2.10. The molecular formula is C10H15NO3S. The molecule has 0 radical (unpaired) electrons. The quantitative estimate of drug-likeness (QED) is 0.755. The number of hydrogen-bond acceptors (Lipinski definition) is 3. The molecule has 1 rings (SSSR count). The second-order valence-corrected chi connectivity index (χ2v) is 4.46. The Kier molecular flexibility index (Phi) is 4.58. The molecular weight excluding hydrogens is 214 g/mol. The fraction of sp³-hybridized carbons (Fsp3) is 0.400. The van der Waals surface area contributed by atoms with Crippen molar-refractivity contribution in [1.29, 1.82) is 0 Å². The van der Waals surface area contributed by atoms with Crippen LogP contribution in [-0.4, -0.2) is 15.0 Å². The molecule has 0 atom stereocenters. The van der Waals surface area contributed by atoms with Crippen LogP contribution in [0.1, 0.15) is 19.8 Å². The zero-order valence-corrected chi connectivity index (χ0v) is 9.46. The molecule has 0 saturated carbocycles. The molecule has 1 aromatic carbocycles. The van der Waals surface area contributed by atoms with Crippen LogP contribution in [0.3, 0.4) is 0 Å². The maximum atomic E-state index is 11.3. The summed E-state index contributed by atoms with van der Waals surface area (Å²) in [7, 11) is -3.66. The summed E-state index contributed by atoms with van der Waals surface area (Å²) in [4.78, 5) is 0. The van der Waals surface area contributed by atoms with Crippen molar-refractivity contribution in [2.24, 2.45) is 0 Å². The molecule has 0 amide bonds. The van der Waals surface area contributed by atoms with Crippen molar-refractivity contribution in [3.05, 3.63) is 30.3 Å². The van der Waals surface area contributed by atoms with Crippen molar-refractivity contribution in [2.75, 3.05) is 6.54 Å². The van der Waals surface area contributed by atoms with Crippen LogP contribution >= 0.6 is 0 Å². The molecule has 4 nitrogen and oxygen atoms in total. The second kappa shape index (κ2) is 5.72. The summed E-state index contributed by atoms with van der Waals surface area (Å²) in [5.74, 6) is 0.321. The Balaban J connectivity index is 2.50. The van der Waals surface area contributed by atoms with Gasteiger partial charge in [0.05, 0.1) is 0 Å². The van der Waals surface area contributed by atoms with Crippen LogP contribution in [0.4, 0.5) is 0 Å². The number of unbranched alkanes of at least 4 members (excludes halogenated alkanes) is 1. The first-order chi connectivity index (χ1) is 7.14. The molecule has 84 valence electrons. The summed E-state index contributed by atoms with van der Waals surface area (Å²) in [5.41, 5.74) is 0. The molecule has 0 bridgehead atoms. The zero-order valence-electron chi connectivity index (χ0n) is 8.64. The van der Waals surface area contributed by atoms with E-state index in [0.29, 0.717) is 12.3 Å². The first-order valence-electron chi connectivity index (χ1n) is 4.88. The lowest BCUT2D eigenvalue weighted by Crippen LogP contribution is -2.29. The third-order valence-electron chi connectivity index (χ3n) is 1.76. The molecule has 0 unspecified atom stereocenters. The van der Waals surface area contributed by atoms with Gasteiger partial charge in [0, 0.05) is 6.54 Å². The topological polar surface area (TPSA) is 55.4 Å². The molecule has 5 heteroatoms. The number of hydrogen-bond donors (Lipinski definition) is 1. The third kappa shape index (κ3) is 4.80. The maximum absolute atomic E-state index is 11.3. The molecule has 0 fully saturated rings. The van der Waals surface area contributed by atoms with E-state index in [1.807, 2.05) is 6.92 Å². The molecule has 1 aromatic rings. The summed E-state index contributed by atoms with van der Waals surface area (Å²) >= 11 is 0. The molecule has 1 N–H and O–H groups in total. The third-order valence-corrected chi connectivity index (χ3v) is 2.73. The summed E-state index contributed by atoms with van der Waals surface area (Å²) in [6.45, 7) is 2.40. The molecule has 0 aromatic heterocycles. The normalized spacial score (nSPS) is 11.3. The smallest absolute Gasteiger partial charge is 0.371 e. The Morgan fingerprint density at radius 3 is 2.53 bits per heavy atom. The maximum Gasteiger partial charge on any atom is 0.382 e. The predicted molar refractivity (Wildman–Crippen MR) is 58.9 cm³/mol. The lowest BCUT2D eigenvalue weighted by molar-refractivity contribution is 0.470. The number of rotatable bonds is 6. The Morgan fingerprint density at radius 1 is 1.27 bits per heavy atom. The lowest BCUT2D eigenvalue weighted by Gasteiger charge is -2.07. The average Bonchev–Trinajstić information content (AvgIpc) is 2.18. The minimum absolute atomic E-state index is 0.321. The van der Waals surface area contributed by atoms with Gasteiger partial charge >= 0.3 is 10.3 Å². The van der Waals surface area contributed by atoms with Gasteiger partial charge in [-0.2, -0.15) is 13.1 Å². The van der Waals surface area contributed by atoms with Crippen LogP contribution in [0.2, 0.25) is 0 Å². The fourth-order valence-corrected chi connectivity index (χ4v) is 1.82. The van der Waals surface area contributed by atoms with Gasteiger partial charge in [0.15, 0.2) is 0 Å². The van der Waals surface area contributed by atoms with Crippen molar-refractivity contribution >= 4 is 10.3 Å². The van der Waals surface area contributed by atoms with E-state index >= 15 is 0 Å². The van der Waals surface area contributed by atoms with E-state index in [4.69, 9.17) is 4.18 Å². The summed E-state index contributed by atoms with van der Waals surface area (Å²) in [5, 5.41) is 0. The van der Waals surface area contributed by atoms with Crippen molar-refractivity contribution < 1.29 is 12.6 Å². The average molecular weight is 229 g/mol. The van der Waals surface area contributed by atoms with Gasteiger partial charge in [-0.3, -0.25) is 0 Å². The molecule has 15 heavy (non-hydrogen) atoms. The van der Waals surface area contributed by atoms with Gasteiger partial charge in [0.25, 0.3) is 0 Å². The van der Waals surface area contributed by atoms with E-state index in [-0.39, 0.29) is 0 Å². The van der Waals surface area contributed by atoms with Crippen molar-refractivity contribution in [3.8, 4) is 5.75 Å². The van der Waals surface area contributed by atoms with Gasteiger partial charge in [0.2, 0.25) is 0 Å². The molecule has 0 aliphatic carbocycles. The van der Waals surface area contributed by atoms with Crippen LogP contribution in [-0.2, 0) is 10.3 Å². The van der Waals surface area contributed by atoms with Crippen molar-refractivity contribution in [3.63, 3.8) is 0 Å². The summed E-state index contributed by atoms with van der Waals surface area (Å²) in [6, 6.07) is 8.43. The minimum Gasteiger partial charge on any atom is -0.371 e. The molecule has 0 aliphatic heterocycles. The fourth-order valence-electron chi connectivity index (χ4n) is 1.01. The van der Waals surface area contributed by atoms with Gasteiger partial charge in [0.1, 0.15) is 5.75 Å². The van der Waals surface area contributed by atoms with Gasteiger partial charge < -0.3 is 4.18 Å².